The number of hydrogen-bond donors (Lipinski definition) is 1. The lowest BCUT2D eigenvalue weighted by molar-refractivity contribution is 0.744. The van der Waals surface area contributed by atoms with Crippen molar-refractivity contribution in [2.45, 2.75) is 26.2 Å². The zero-order chi connectivity index (χ0) is 10.5. The van der Waals surface area contributed by atoms with Crippen molar-refractivity contribution in [2.24, 2.45) is 0 Å². The molecule has 0 fully saturated rings. The van der Waals surface area contributed by atoms with Gasteiger partial charge in [-0.3, -0.25) is 0 Å². The first-order chi connectivity index (χ1) is 7.40. The third-order valence-corrected chi connectivity index (χ3v) is 3.23. The molecule has 1 heterocycles. The largest absolute Gasteiger partial charge is 0.385 e. The van der Waals surface area contributed by atoms with E-state index in [1.165, 1.54) is 29.6 Å². The molecule has 2 nitrogen and oxygen atoms in total. The Hall–Kier alpha value is -1.09. The highest BCUT2D eigenvalue weighted by atomic mass is 32.1. The van der Waals surface area contributed by atoms with Gasteiger partial charge in [0.25, 0.3) is 0 Å². The fourth-order valence-corrected chi connectivity index (χ4v) is 2.29. The van der Waals surface area contributed by atoms with E-state index in [0.29, 0.717) is 0 Å². The van der Waals surface area contributed by atoms with Gasteiger partial charge in [-0.25, -0.2) is 4.98 Å². The minimum atomic E-state index is 1.07. The molecule has 0 radical (unpaired) electrons. The second-order valence-electron chi connectivity index (χ2n) is 3.67. The SMILES string of the molecule is CCCCCNc1ccc2ncsc2c1. The smallest absolute Gasteiger partial charge is 0.0813 e. The molecule has 80 valence electrons. The molecular formula is C12H16N2S. The first kappa shape index (κ1) is 10.4. The molecule has 0 amide bonds. The fourth-order valence-electron chi connectivity index (χ4n) is 1.57. The van der Waals surface area contributed by atoms with E-state index in [0.717, 1.165) is 12.1 Å². The topological polar surface area (TPSA) is 24.9 Å². The molecule has 2 rings (SSSR count). The fraction of sp³-hybridized carbons (Fsp3) is 0.417. The quantitative estimate of drug-likeness (QED) is 0.773. The summed E-state index contributed by atoms with van der Waals surface area (Å²) in [5.74, 6) is 0. The summed E-state index contributed by atoms with van der Waals surface area (Å²) in [6.07, 6.45) is 3.82. The number of nitrogens with zero attached hydrogens (tertiary/aromatic N) is 1. The van der Waals surface area contributed by atoms with E-state index >= 15 is 0 Å². The van der Waals surface area contributed by atoms with Crippen molar-refractivity contribution in [1.29, 1.82) is 0 Å². The van der Waals surface area contributed by atoms with Gasteiger partial charge in [-0.1, -0.05) is 19.8 Å². The van der Waals surface area contributed by atoms with E-state index < -0.39 is 0 Å². The van der Waals surface area contributed by atoms with Crippen LogP contribution in [0.1, 0.15) is 26.2 Å². The van der Waals surface area contributed by atoms with Gasteiger partial charge in [0.2, 0.25) is 0 Å². The lowest BCUT2D eigenvalue weighted by Gasteiger charge is -2.05. The maximum Gasteiger partial charge on any atom is 0.0813 e. The lowest BCUT2D eigenvalue weighted by atomic mass is 10.2. The van der Waals surface area contributed by atoms with Crippen LogP contribution in [-0.2, 0) is 0 Å². The molecule has 1 aromatic heterocycles. The van der Waals surface area contributed by atoms with Gasteiger partial charge in [0, 0.05) is 12.2 Å². The van der Waals surface area contributed by atoms with Crippen LogP contribution >= 0.6 is 11.3 Å². The zero-order valence-electron chi connectivity index (χ0n) is 8.99. The average Bonchev–Trinajstić information content (AvgIpc) is 2.71. The van der Waals surface area contributed by atoms with Crippen LogP contribution < -0.4 is 5.32 Å². The molecule has 0 saturated carbocycles. The summed E-state index contributed by atoms with van der Waals surface area (Å²) in [5, 5.41) is 3.44. The van der Waals surface area contributed by atoms with Crippen LogP contribution in [-0.4, -0.2) is 11.5 Å². The summed E-state index contributed by atoms with van der Waals surface area (Å²) >= 11 is 1.69. The molecule has 2 aromatic rings. The number of thiazole rings is 1. The van der Waals surface area contributed by atoms with E-state index in [4.69, 9.17) is 0 Å². The van der Waals surface area contributed by atoms with Crippen molar-refractivity contribution >= 4 is 27.2 Å². The van der Waals surface area contributed by atoms with E-state index in [1.807, 2.05) is 5.51 Å². The number of unbranched alkanes of at least 4 members (excludes halogenated alkanes) is 2. The number of aromatic nitrogens is 1. The zero-order valence-corrected chi connectivity index (χ0v) is 9.81. The molecule has 15 heavy (non-hydrogen) atoms. The Kier molecular flexibility index (Phi) is 3.56. The summed E-state index contributed by atoms with van der Waals surface area (Å²) in [7, 11) is 0. The van der Waals surface area contributed by atoms with Crippen molar-refractivity contribution in [3.05, 3.63) is 23.7 Å². The van der Waals surface area contributed by atoms with Gasteiger partial charge in [-0.15, -0.1) is 11.3 Å². The highest BCUT2D eigenvalue weighted by Gasteiger charge is 1.97. The van der Waals surface area contributed by atoms with Crippen molar-refractivity contribution in [1.82, 2.24) is 4.98 Å². The Balaban J connectivity index is 1.96. The van der Waals surface area contributed by atoms with Crippen LogP contribution in [0.5, 0.6) is 0 Å². The maximum atomic E-state index is 4.26. The van der Waals surface area contributed by atoms with Gasteiger partial charge < -0.3 is 5.32 Å². The van der Waals surface area contributed by atoms with E-state index in [2.05, 4.69) is 35.4 Å². The van der Waals surface area contributed by atoms with Crippen LogP contribution in [0.15, 0.2) is 23.7 Å². The molecule has 0 unspecified atom stereocenters. The average molecular weight is 220 g/mol. The van der Waals surface area contributed by atoms with E-state index in [9.17, 15) is 0 Å². The van der Waals surface area contributed by atoms with Crippen LogP contribution in [0.25, 0.3) is 10.2 Å². The Morgan fingerprint density at radius 3 is 3.13 bits per heavy atom. The minimum Gasteiger partial charge on any atom is -0.385 e. The number of rotatable bonds is 5. The number of fused-ring (bicyclic) bond motifs is 1. The van der Waals surface area contributed by atoms with Crippen molar-refractivity contribution in [3.8, 4) is 0 Å². The first-order valence-corrected chi connectivity index (χ1v) is 6.35. The predicted molar refractivity (Wildman–Crippen MR) is 67.6 cm³/mol. The van der Waals surface area contributed by atoms with Crippen LogP contribution in [0, 0.1) is 0 Å². The van der Waals surface area contributed by atoms with Crippen LogP contribution in [0.3, 0.4) is 0 Å². The van der Waals surface area contributed by atoms with E-state index in [-0.39, 0.29) is 0 Å². The Morgan fingerprint density at radius 2 is 2.27 bits per heavy atom. The molecule has 1 N–H and O–H groups in total. The summed E-state index contributed by atoms with van der Waals surface area (Å²) in [6.45, 7) is 3.29. The molecular weight excluding hydrogens is 204 g/mol. The standard InChI is InChI=1S/C12H16N2S/c1-2-3-4-7-13-10-5-6-11-12(8-10)15-9-14-11/h5-6,8-9,13H,2-4,7H2,1H3. The lowest BCUT2D eigenvalue weighted by Crippen LogP contribution is -2.00. The highest BCUT2D eigenvalue weighted by molar-refractivity contribution is 7.16. The van der Waals surface area contributed by atoms with Crippen molar-refractivity contribution < 1.29 is 0 Å². The first-order valence-electron chi connectivity index (χ1n) is 5.47. The monoisotopic (exact) mass is 220 g/mol. The van der Waals surface area contributed by atoms with Crippen molar-refractivity contribution in [2.75, 3.05) is 11.9 Å². The predicted octanol–water partition coefficient (Wildman–Crippen LogP) is 3.90. The van der Waals surface area contributed by atoms with Gasteiger partial charge in [-0.05, 0) is 24.6 Å². The molecule has 0 aliphatic heterocycles. The molecule has 0 saturated heterocycles. The molecule has 0 aliphatic carbocycles. The number of benzene rings is 1. The van der Waals surface area contributed by atoms with Crippen molar-refractivity contribution in [3.63, 3.8) is 0 Å². The third-order valence-electron chi connectivity index (χ3n) is 2.44. The normalized spacial score (nSPS) is 10.7. The maximum absolute atomic E-state index is 4.26. The summed E-state index contributed by atoms with van der Waals surface area (Å²) < 4.78 is 1.26. The Bertz CT molecular complexity index is 422. The number of nitrogens with one attached hydrogen (secondary N) is 1. The molecule has 0 bridgehead atoms. The highest BCUT2D eigenvalue weighted by Crippen LogP contribution is 2.21. The van der Waals surface area contributed by atoms with Gasteiger partial charge in [-0.2, -0.15) is 0 Å². The minimum absolute atomic E-state index is 1.07. The van der Waals surface area contributed by atoms with Crippen LogP contribution in [0.2, 0.25) is 0 Å². The summed E-state index contributed by atoms with van der Waals surface area (Å²) in [5.41, 5.74) is 4.20. The Morgan fingerprint density at radius 1 is 1.33 bits per heavy atom. The second kappa shape index (κ2) is 5.12. The molecule has 0 aliphatic rings. The van der Waals surface area contributed by atoms with Gasteiger partial charge >= 0.3 is 0 Å². The van der Waals surface area contributed by atoms with Gasteiger partial charge in [0.15, 0.2) is 0 Å². The molecule has 1 aromatic carbocycles. The number of anilines is 1. The molecule has 0 atom stereocenters. The van der Waals surface area contributed by atoms with Gasteiger partial charge in [0.05, 0.1) is 15.7 Å². The Labute approximate surface area is 94.3 Å². The van der Waals surface area contributed by atoms with E-state index in [1.54, 1.807) is 11.3 Å². The summed E-state index contributed by atoms with van der Waals surface area (Å²) in [4.78, 5) is 4.26. The molecule has 0 spiro atoms. The third kappa shape index (κ3) is 2.69. The van der Waals surface area contributed by atoms with Crippen LogP contribution in [0.4, 0.5) is 5.69 Å². The number of hydrogen-bond acceptors (Lipinski definition) is 3. The van der Waals surface area contributed by atoms with Gasteiger partial charge in [0.1, 0.15) is 0 Å². The molecule has 3 heteroatoms. The summed E-state index contributed by atoms with van der Waals surface area (Å²) in [6, 6.07) is 6.36. The second-order valence-corrected chi connectivity index (χ2v) is 4.56.